The second-order valence-corrected chi connectivity index (χ2v) is 5.63. The Morgan fingerprint density at radius 1 is 1.42 bits per heavy atom. The van der Waals surface area contributed by atoms with Crippen molar-refractivity contribution in [2.24, 2.45) is 5.73 Å². The number of hydrogen-bond donors (Lipinski definition) is 3. The normalized spacial score (nSPS) is 16.0. The zero-order valence-electron chi connectivity index (χ0n) is 14.3. The average Bonchev–Trinajstić information content (AvgIpc) is 3.06. The minimum absolute atomic E-state index is 0. The molecule has 0 saturated carbocycles. The van der Waals surface area contributed by atoms with Crippen molar-refractivity contribution < 1.29 is 36.6 Å². The SMILES string of the molecule is C[C@H]([NH-])C(=O)[N-][C@@H](CC1=CN[CH][N-]1)C(=O)N[C@@H](CCCCN)C(=O)[O-].[Cu+2]. The Morgan fingerprint density at radius 2 is 2.12 bits per heavy atom. The predicted molar refractivity (Wildman–Crippen MR) is 89.3 cm³/mol. The van der Waals surface area contributed by atoms with Crippen LogP contribution in [-0.4, -0.2) is 42.5 Å². The topological polar surface area (TPSA) is 176 Å². The molecule has 150 valence electrons. The Labute approximate surface area is 163 Å². The van der Waals surface area contributed by atoms with Crippen LogP contribution < -0.4 is 21.5 Å². The van der Waals surface area contributed by atoms with Crippen molar-refractivity contribution in [3.05, 3.63) is 34.9 Å². The standard InChI is InChI=1S/C15H25N6O4.Cu/c1-9(17)13(22)21-12(6-10-7-18-8-19-10)14(23)20-11(15(24)25)4-2-3-5-16;/h7-9,11-12,17-18H,2-6,16H2,1H3,(H3,20,21,22,23,24,25);/q-2;+2/p-2/t9-,11-,12-;/m0./s1. The summed E-state index contributed by atoms with van der Waals surface area (Å²) < 4.78 is 0. The van der Waals surface area contributed by atoms with E-state index < -0.39 is 35.9 Å². The van der Waals surface area contributed by atoms with Gasteiger partial charge in [-0.3, -0.25) is 4.79 Å². The van der Waals surface area contributed by atoms with Gasteiger partial charge in [0.1, 0.15) is 0 Å². The first-order chi connectivity index (χ1) is 11.8. The van der Waals surface area contributed by atoms with Crippen molar-refractivity contribution in [3.8, 4) is 0 Å². The first-order valence-corrected chi connectivity index (χ1v) is 8.00. The van der Waals surface area contributed by atoms with Gasteiger partial charge in [0.25, 0.3) is 0 Å². The summed E-state index contributed by atoms with van der Waals surface area (Å²) in [6.45, 7) is 3.17. The van der Waals surface area contributed by atoms with Crippen molar-refractivity contribution in [1.29, 1.82) is 0 Å². The van der Waals surface area contributed by atoms with Gasteiger partial charge in [0.2, 0.25) is 5.91 Å². The van der Waals surface area contributed by atoms with Crippen LogP contribution in [0.3, 0.4) is 0 Å². The molecule has 26 heavy (non-hydrogen) atoms. The molecule has 5 N–H and O–H groups in total. The first kappa shape index (κ1) is 24.2. The maximum atomic E-state index is 12.4. The van der Waals surface area contributed by atoms with E-state index in [1.807, 2.05) is 0 Å². The summed E-state index contributed by atoms with van der Waals surface area (Å²) in [6, 6.07) is -3.48. The van der Waals surface area contributed by atoms with Crippen LogP contribution in [0.15, 0.2) is 11.9 Å². The van der Waals surface area contributed by atoms with Gasteiger partial charge >= 0.3 is 17.1 Å². The molecular formula is C15H23CuN6O4-2. The van der Waals surface area contributed by atoms with Crippen LogP contribution in [-0.2, 0) is 31.5 Å². The Bertz CT molecular complexity index is 514. The summed E-state index contributed by atoms with van der Waals surface area (Å²) in [7, 11) is 0. The molecule has 1 heterocycles. The quantitative estimate of drug-likeness (QED) is 0.299. The minimum atomic E-state index is -1.41. The van der Waals surface area contributed by atoms with Crippen LogP contribution in [0.25, 0.3) is 16.4 Å². The Balaban J connectivity index is 0.00000625. The number of carbonyl (C=O) groups excluding carboxylic acids is 3. The van der Waals surface area contributed by atoms with Crippen LogP contribution in [0.4, 0.5) is 0 Å². The number of amides is 2. The number of aliphatic carboxylic acids is 1. The Kier molecular flexibility index (Phi) is 11.7. The predicted octanol–water partition coefficient (Wildman–Crippen LogP) is -0.615. The molecule has 2 amide bonds. The maximum absolute atomic E-state index is 12.4. The van der Waals surface area contributed by atoms with E-state index in [0.29, 0.717) is 25.1 Å². The third kappa shape index (κ3) is 8.52. The number of nitrogens with zero attached hydrogens (tertiary/aromatic N) is 2. The van der Waals surface area contributed by atoms with E-state index in [4.69, 9.17) is 11.5 Å². The molecule has 0 spiro atoms. The first-order valence-electron chi connectivity index (χ1n) is 8.00. The van der Waals surface area contributed by atoms with Crippen LogP contribution in [0.5, 0.6) is 0 Å². The maximum Gasteiger partial charge on any atom is 2.00 e. The van der Waals surface area contributed by atoms with Gasteiger partial charge in [-0.15, -0.1) is 5.70 Å². The molecule has 0 saturated heterocycles. The number of carboxylic acids is 1. The van der Waals surface area contributed by atoms with Gasteiger partial charge in [0, 0.05) is 5.91 Å². The monoisotopic (exact) mass is 414 g/mol. The summed E-state index contributed by atoms with van der Waals surface area (Å²) in [5.41, 5.74) is 13.2. The van der Waals surface area contributed by atoms with Crippen molar-refractivity contribution in [3.63, 3.8) is 0 Å². The Hall–Kier alpha value is -1.81. The van der Waals surface area contributed by atoms with Gasteiger partial charge < -0.3 is 47.4 Å². The van der Waals surface area contributed by atoms with E-state index in [1.54, 1.807) is 6.20 Å². The van der Waals surface area contributed by atoms with E-state index in [2.05, 4.69) is 21.3 Å². The fraction of sp³-hybridized carbons (Fsp3) is 0.600. The number of rotatable bonds is 11. The van der Waals surface area contributed by atoms with E-state index in [0.717, 1.165) is 0 Å². The smallest absolute Gasteiger partial charge is 0.670 e. The van der Waals surface area contributed by atoms with Crippen molar-refractivity contribution in [2.75, 3.05) is 6.54 Å². The van der Waals surface area contributed by atoms with Gasteiger partial charge in [-0.1, -0.05) is 19.4 Å². The van der Waals surface area contributed by atoms with Crippen LogP contribution in [0, 0.1) is 6.67 Å². The average molecular weight is 415 g/mol. The molecule has 0 aromatic heterocycles. The van der Waals surface area contributed by atoms with E-state index in [9.17, 15) is 19.5 Å². The number of unbranched alkanes of at least 4 members (excludes halogenated alkanes) is 1. The molecule has 0 fully saturated rings. The third-order valence-corrected chi connectivity index (χ3v) is 3.46. The fourth-order valence-electron chi connectivity index (χ4n) is 2.07. The molecule has 1 aliphatic heterocycles. The molecule has 2 radical (unpaired) electrons. The molecule has 3 atom stereocenters. The summed E-state index contributed by atoms with van der Waals surface area (Å²) in [5.74, 6) is -2.90. The largest absolute Gasteiger partial charge is 2.00 e. The van der Waals surface area contributed by atoms with Gasteiger partial charge in [-0.05, 0) is 44.7 Å². The summed E-state index contributed by atoms with van der Waals surface area (Å²) in [4.78, 5) is 35.3. The van der Waals surface area contributed by atoms with Crippen molar-refractivity contribution in [1.82, 2.24) is 10.6 Å². The molecule has 0 aromatic carbocycles. The van der Waals surface area contributed by atoms with Gasteiger partial charge in [-0.2, -0.15) is 0 Å². The Morgan fingerprint density at radius 3 is 2.62 bits per heavy atom. The molecule has 0 unspecified atom stereocenters. The summed E-state index contributed by atoms with van der Waals surface area (Å²) in [6.07, 6.45) is 2.86. The number of nitrogens with two attached hydrogens (primary N) is 1. The van der Waals surface area contributed by atoms with Crippen LogP contribution in [0.2, 0.25) is 0 Å². The number of nitrogens with one attached hydrogen (secondary N) is 3. The van der Waals surface area contributed by atoms with Crippen LogP contribution >= 0.6 is 0 Å². The molecular weight excluding hydrogens is 392 g/mol. The molecule has 0 aliphatic carbocycles. The second-order valence-electron chi connectivity index (χ2n) is 5.63. The molecule has 1 aliphatic rings. The van der Waals surface area contributed by atoms with Gasteiger partial charge in [0.15, 0.2) is 0 Å². The van der Waals surface area contributed by atoms with E-state index in [1.165, 1.54) is 13.6 Å². The molecule has 0 bridgehead atoms. The van der Waals surface area contributed by atoms with E-state index in [-0.39, 0.29) is 29.9 Å². The van der Waals surface area contributed by atoms with Crippen LogP contribution in [0.1, 0.15) is 32.6 Å². The molecule has 11 heteroatoms. The summed E-state index contributed by atoms with van der Waals surface area (Å²) >= 11 is 0. The number of carboxylic acid groups (broad SMARTS) is 1. The molecule has 1 rings (SSSR count). The van der Waals surface area contributed by atoms with Crippen molar-refractivity contribution >= 4 is 17.8 Å². The van der Waals surface area contributed by atoms with Crippen molar-refractivity contribution in [2.45, 2.75) is 50.7 Å². The second kappa shape index (κ2) is 12.5. The molecule has 0 aromatic rings. The minimum Gasteiger partial charge on any atom is -0.670 e. The zero-order chi connectivity index (χ0) is 18.8. The number of hydrogen-bond acceptors (Lipinski definition) is 6. The molecule has 10 nitrogen and oxygen atoms in total. The fourth-order valence-corrected chi connectivity index (χ4v) is 2.07. The zero-order valence-corrected chi connectivity index (χ0v) is 15.3. The van der Waals surface area contributed by atoms with E-state index >= 15 is 0 Å². The summed E-state index contributed by atoms with van der Waals surface area (Å²) in [5, 5.41) is 24.0. The number of carbonyl (C=O) groups is 3. The van der Waals surface area contributed by atoms with Gasteiger partial charge in [0.05, 0.1) is 12.0 Å². The van der Waals surface area contributed by atoms with Gasteiger partial charge in [-0.25, -0.2) is 0 Å². The third-order valence-electron chi connectivity index (χ3n) is 3.46.